The molecule has 3 heterocycles. The molecule has 0 fully saturated rings. The minimum Gasteiger partial charge on any atom is -0.494 e. The van der Waals surface area contributed by atoms with E-state index < -0.39 is 5.97 Å². The number of benzene rings is 3. The number of nitrogens with zero attached hydrogens (tertiary/aromatic N) is 4. The molecule has 8 nitrogen and oxygen atoms in total. The van der Waals surface area contributed by atoms with Gasteiger partial charge >= 0.3 is 5.97 Å². The Balaban J connectivity index is 1.46. The molecular weight excluding hydrogens is 600 g/mol. The number of aryl methyl sites for hydroxylation is 6. The Morgan fingerprint density at radius 3 is 2.28 bits per heavy atom. The average molecular weight is 639 g/mol. The van der Waals surface area contributed by atoms with E-state index in [9.17, 15) is 14.7 Å². The van der Waals surface area contributed by atoms with Gasteiger partial charge in [0, 0.05) is 52.6 Å². The maximum Gasteiger partial charge on any atom is 0.335 e. The van der Waals surface area contributed by atoms with E-state index >= 15 is 0 Å². The lowest BCUT2D eigenvalue weighted by Gasteiger charge is -2.34. The summed E-state index contributed by atoms with van der Waals surface area (Å²) in [4.78, 5) is 27.8. The SMILES string of the molecule is Cc1cc(OCCCc2c3n(c4c(-c5c(C)nn(C)c5C)c(C)ccc24)[C@@H](C)CN(c2ccc(C(=O)O)cc2)C3=O)cc(C)c1Cl. The van der Waals surface area contributed by atoms with Crippen molar-refractivity contribution in [1.29, 1.82) is 0 Å². The summed E-state index contributed by atoms with van der Waals surface area (Å²) in [5, 5.41) is 16.0. The van der Waals surface area contributed by atoms with Gasteiger partial charge in [-0.05, 0) is 113 Å². The first-order valence-electron chi connectivity index (χ1n) is 15.6. The van der Waals surface area contributed by atoms with Crippen LogP contribution in [0.4, 0.5) is 5.69 Å². The van der Waals surface area contributed by atoms with Crippen LogP contribution in [-0.4, -0.2) is 44.5 Å². The van der Waals surface area contributed by atoms with Crippen LogP contribution in [0, 0.1) is 34.6 Å². The topological polar surface area (TPSA) is 89.6 Å². The van der Waals surface area contributed by atoms with Crippen molar-refractivity contribution in [1.82, 2.24) is 14.3 Å². The first-order valence-corrected chi connectivity index (χ1v) is 16.0. The molecule has 0 saturated carbocycles. The fourth-order valence-corrected chi connectivity index (χ4v) is 7.05. The number of aromatic nitrogens is 3. The van der Waals surface area contributed by atoms with Gasteiger partial charge in [0.25, 0.3) is 5.91 Å². The highest BCUT2D eigenvalue weighted by Crippen LogP contribution is 2.43. The summed E-state index contributed by atoms with van der Waals surface area (Å²) in [5.74, 6) is -0.313. The molecule has 5 aromatic rings. The van der Waals surface area contributed by atoms with Crippen LogP contribution < -0.4 is 9.64 Å². The van der Waals surface area contributed by atoms with Crippen LogP contribution >= 0.6 is 11.6 Å². The van der Waals surface area contributed by atoms with Gasteiger partial charge in [0.1, 0.15) is 11.4 Å². The number of hydrogen-bond donors (Lipinski definition) is 1. The highest BCUT2D eigenvalue weighted by Gasteiger charge is 2.36. The first-order chi connectivity index (χ1) is 21.9. The minimum absolute atomic E-state index is 0.0443. The van der Waals surface area contributed by atoms with Crippen molar-refractivity contribution in [2.75, 3.05) is 18.1 Å². The molecular formula is C37H39ClN4O4. The lowest BCUT2D eigenvalue weighted by molar-refractivity contribution is 0.0696. The fraction of sp³-hybridized carbons (Fsp3) is 0.324. The van der Waals surface area contributed by atoms with Crippen LogP contribution in [0.3, 0.4) is 0 Å². The molecule has 238 valence electrons. The Bertz CT molecular complexity index is 2000. The highest BCUT2D eigenvalue weighted by molar-refractivity contribution is 6.32. The maximum atomic E-state index is 14.5. The Labute approximate surface area is 274 Å². The number of halogens is 1. The van der Waals surface area contributed by atoms with Crippen molar-refractivity contribution in [2.45, 2.75) is 60.4 Å². The van der Waals surface area contributed by atoms with Crippen molar-refractivity contribution in [3.05, 3.63) is 98.5 Å². The standard InChI is InChI=1S/C37H39ClN4O4/c1-20-10-15-30-29(9-8-16-46-28-17-21(2)33(38)22(3)18-28)35-36(43)41(27-13-11-26(12-14-27)37(44)45)19-23(4)42(35)34(30)31(20)32-24(5)39-40(7)25(32)6/h10-15,17-18,23H,8-9,16,19H2,1-7H3,(H,44,45)/t23-/m0/s1. The van der Waals surface area contributed by atoms with Gasteiger partial charge in [-0.3, -0.25) is 9.48 Å². The van der Waals surface area contributed by atoms with E-state index in [1.165, 1.54) is 0 Å². The van der Waals surface area contributed by atoms with Crippen molar-refractivity contribution >= 4 is 40.1 Å². The van der Waals surface area contributed by atoms with Crippen molar-refractivity contribution < 1.29 is 19.4 Å². The summed E-state index contributed by atoms with van der Waals surface area (Å²) in [5.41, 5.74) is 10.9. The Morgan fingerprint density at radius 2 is 1.67 bits per heavy atom. The maximum absolute atomic E-state index is 14.5. The third kappa shape index (κ3) is 5.24. The fourth-order valence-electron chi connectivity index (χ4n) is 6.94. The van der Waals surface area contributed by atoms with Crippen LogP contribution in [-0.2, 0) is 13.5 Å². The van der Waals surface area contributed by atoms with E-state index in [4.69, 9.17) is 21.4 Å². The molecule has 1 amide bonds. The molecule has 0 radical (unpaired) electrons. The summed E-state index contributed by atoms with van der Waals surface area (Å²) < 4.78 is 10.3. The number of aromatic carboxylic acids is 1. The number of carboxylic acids is 1. The average Bonchev–Trinajstić information content (AvgIpc) is 3.48. The second-order valence-corrected chi connectivity index (χ2v) is 12.8. The molecule has 0 saturated heterocycles. The van der Waals surface area contributed by atoms with Crippen molar-refractivity contribution in [3.63, 3.8) is 0 Å². The zero-order chi connectivity index (χ0) is 33.0. The number of rotatable bonds is 8. The monoisotopic (exact) mass is 638 g/mol. The summed E-state index contributed by atoms with van der Waals surface area (Å²) in [6, 6.07) is 14.7. The lowest BCUT2D eigenvalue weighted by atomic mass is 9.94. The quantitative estimate of drug-likeness (QED) is 0.173. The summed E-state index contributed by atoms with van der Waals surface area (Å²) in [7, 11) is 1.96. The predicted molar refractivity (Wildman–Crippen MR) is 183 cm³/mol. The number of hydrogen-bond acceptors (Lipinski definition) is 4. The zero-order valence-electron chi connectivity index (χ0n) is 27.4. The van der Waals surface area contributed by atoms with E-state index in [2.05, 4.69) is 37.5 Å². The van der Waals surface area contributed by atoms with Gasteiger partial charge < -0.3 is 19.3 Å². The van der Waals surface area contributed by atoms with Crippen LogP contribution in [0.25, 0.3) is 22.0 Å². The largest absolute Gasteiger partial charge is 0.494 e. The number of amides is 1. The molecule has 9 heteroatoms. The smallest absolute Gasteiger partial charge is 0.335 e. The number of ether oxygens (including phenoxy) is 1. The van der Waals surface area contributed by atoms with Gasteiger partial charge in [-0.15, -0.1) is 0 Å². The highest BCUT2D eigenvalue weighted by atomic mass is 35.5. The first kappa shape index (κ1) is 31.4. The van der Waals surface area contributed by atoms with Gasteiger partial charge in [0.15, 0.2) is 0 Å². The number of anilines is 1. The second-order valence-electron chi connectivity index (χ2n) is 12.5. The van der Waals surface area contributed by atoms with Gasteiger partial charge in [0.05, 0.1) is 23.4 Å². The molecule has 46 heavy (non-hydrogen) atoms. The third-order valence-corrected chi connectivity index (χ3v) is 9.85. The van der Waals surface area contributed by atoms with Crippen LogP contribution in [0.1, 0.15) is 73.9 Å². The van der Waals surface area contributed by atoms with E-state index in [1.807, 2.05) is 44.6 Å². The number of carboxylic acid groups (broad SMARTS) is 1. The number of fused-ring (bicyclic) bond motifs is 3. The van der Waals surface area contributed by atoms with E-state index in [0.717, 1.165) is 66.4 Å². The molecule has 1 N–H and O–H groups in total. The molecule has 1 aliphatic rings. The molecule has 6 rings (SSSR count). The van der Waals surface area contributed by atoms with Crippen molar-refractivity contribution in [3.8, 4) is 16.9 Å². The summed E-state index contributed by atoms with van der Waals surface area (Å²) >= 11 is 6.37. The normalized spacial score (nSPS) is 14.7. The summed E-state index contributed by atoms with van der Waals surface area (Å²) in [6.45, 7) is 13.3. The number of carbonyl (C=O) groups excluding carboxylic acids is 1. The van der Waals surface area contributed by atoms with E-state index in [-0.39, 0.29) is 17.5 Å². The molecule has 0 unspecified atom stereocenters. The second kappa shape index (κ2) is 12.0. The Morgan fingerprint density at radius 1 is 1.00 bits per heavy atom. The minimum atomic E-state index is -0.998. The third-order valence-electron chi connectivity index (χ3n) is 9.25. The van der Waals surface area contributed by atoms with E-state index in [1.54, 1.807) is 29.2 Å². The van der Waals surface area contributed by atoms with Gasteiger partial charge in [-0.2, -0.15) is 5.10 Å². The van der Waals surface area contributed by atoms with E-state index in [0.29, 0.717) is 37.4 Å². The molecule has 0 spiro atoms. The van der Waals surface area contributed by atoms with Crippen molar-refractivity contribution in [2.24, 2.45) is 7.05 Å². The Kier molecular flexibility index (Phi) is 8.19. The predicted octanol–water partition coefficient (Wildman–Crippen LogP) is 8.17. The van der Waals surface area contributed by atoms with Crippen LogP contribution in [0.5, 0.6) is 5.75 Å². The summed E-state index contributed by atoms with van der Waals surface area (Å²) in [6.07, 6.45) is 1.35. The molecule has 2 aromatic heterocycles. The zero-order valence-corrected chi connectivity index (χ0v) is 28.1. The molecule has 0 bridgehead atoms. The van der Waals surface area contributed by atoms with Gasteiger partial charge in [-0.25, -0.2) is 4.79 Å². The molecule has 1 aliphatic heterocycles. The number of carbonyl (C=O) groups is 2. The van der Waals surface area contributed by atoms with Gasteiger partial charge in [-0.1, -0.05) is 23.7 Å². The van der Waals surface area contributed by atoms with Gasteiger partial charge in [0.2, 0.25) is 0 Å². The Hall–Kier alpha value is -4.56. The molecule has 3 aromatic carbocycles. The molecule has 1 atom stereocenters. The molecule has 0 aliphatic carbocycles. The van der Waals surface area contributed by atoms with Crippen LogP contribution in [0.2, 0.25) is 5.02 Å². The van der Waals surface area contributed by atoms with Crippen LogP contribution in [0.15, 0.2) is 48.5 Å². The lowest BCUT2D eigenvalue weighted by Crippen LogP contribution is -2.42.